The minimum absolute atomic E-state index is 0.110. The zero-order chi connectivity index (χ0) is 21.1. The number of rotatable bonds is 7. The third-order valence-corrected chi connectivity index (χ3v) is 8.78. The Morgan fingerprint density at radius 2 is 1.68 bits per heavy atom. The van der Waals surface area contributed by atoms with Crippen LogP contribution in [-0.4, -0.2) is 23.7 Å². The van der Waals surface area contributed by atoms with Crippen LogP contribution in [0.2, 0.25) is 0 Å². The Morgan fingerprint density at radius 1 is 1.07 bits per heavy atom. The fraction of sp³-hybridized carbons (Fsp3) is 0.917. The van der Waals surface area contributed by atoms with Gasteiger partial charge in [-0.2, -0.15) is 0 Å². The van der Waals surface area contributed by atoms with Crippen LogP contribution < -0.4 is 0 Å². The minimum Gasteiger partial charge on any atom is -0.481 e. The van der Waals surface area contributed by atoms with Crippen LogP contribution in [0.25, 0.3) is 0 Å². The quantitative estimate of drug-likeness (QED) is 0.543. The van der Waals surface area contributed by atoms with Crippen LogP contribution in [0.5, 0.6) is 0 Å². The molecule has 4 heteroatoms. The summed E-state index contributed by atoms with van der Waals surface area (Å²) in [6.07, 6.45) is 7.70. The van der Waals surface area contributed by atoms with Crippen molar-refractivity contribution in [3.8, 4) is 0 Å². The molecule has 2 aliphatic carbocycles. The molecule has 0 spiro atoms. The zero-order valence-corrected chi connectivity index (χ0v) is 18.9. The molecule has 162 valence electrons. The number of esters is 1. The van der Waals surface area contributed by atoms with Crippen molar-refractivity contribution in [1.82, 2.24) is 0 Å². The lowest BCUT2D eigenvalue weighted by atomic mass is 9.46. The highest BCUT2D eigenvalue weighted by atomic mass is 16.5. The number of hydrogen-bond donors (Lipinski definition) is 1. The van der Waals surface area contributed by atoms with Gasteiger partial charge in [0.2, 0.25) is 0 Å². The molecule has 4 nitrogen and oxygen atoms in total. The third-order valence-electron chi connectivity index (χ3n) is 8.78. The topological polar surface area (TPSA) is 63.6 Å². The van der Waals surface area contributed by atoms with Crippen molar-refractivity contribution in [2.75, 3.05) is 6.61 Å². The summed E-state index contributed by atoms with van der Waals surface area (Å²) in [5.41, 5.74) is 0.291. The van der Waals surface area contributed by atoms with Gasteiger partial charge in [0.15, 0.2) is 0 Å². The number of unbranched alkanes of at least 4 members (excludes halogenated alkanes) is 1. The van der Waals surface area contributed by atoms with Gasteiger partial charge in [0.1, 0.15) is 0 Å². The summed E-state index contributed by atoms with van der Waals surface area (Å²) in [6, 6.07) is 0. The van der Waals surface area contributed by atoms with E-state index in [-0.39, 0.29) is 16.8 Å². The SMILES string of the molecule is CCCCC1(C)C(COC(=O)C2CCCCC2C(=O)O)C(C)CC(C)C1(C)C. The summed E-state index contributed by atoms with van der Waals surface area (Å²) >= 11 is 0. The van der Waals surface area contributed by atoms with Gasteiger partial charge in [-0.3, -0.25) is 9.59 Å². The van der Waals surface area contributed by atoms with E-state index in [1.807, 2.05) is 0 Å². The number of hydrogen-bond acceptors (Lipinski definition) is 3. The number of carboxylic acids is 1. The minimum atomic E-state index is -0.851. The van der Waals surface area contributed by atoms with E-state index < -0.39 is 17.8 Å². The summed E-state index contributed by atoms with van der Waals surface area (Å²) in [7, 11) is 0. The van der Waals surface area contributed by atoms with Crippen LogP contribution in [0.4, 0.5) is 0 Å². The molecule has 28 heavy (non-hydrogen) atoms. The lowest BCUT2D eigenvalue weighted by Gasteiger charge is -2.59. The van der Waals surface area contributed by atoms with E-state index in [1.165, 1.54) is 12.8 Å². The molecule has 0 aromatic carbocycles. The normalized spacial score (nSPS) is 38.0. The second-order valence-corrected chi connectivity index (χ2v) is 10.4. The molecule has 0 heterocycles. The maximum atomic E-state index is 12.8. The van der Waals surface area contributed by atoms with Crippen LogP contribution in [0.3, 0.4) is 0 Å². The van der Waals surface area contributed by atoms with Gasteiger partial charge < -0.3 is 9.84 Å². The first-order valence-electron chi connectivity index (χ1n) is 11.5. The molecule has 6 atom stereocenters. The zero-order valence-electron chi connectivity index (χ0n) is 18.9. The van der Waals surface area contributed by atoms with Crippen molar-refractivity contribution in [2.45, 2.75) is 92.9 Å². The molecule has 2 aliphatic rings. The van der Waals surface area contributed by atoms with Crippen LogP contribution in [0.1, 0.15) is 92.9 Å². The standard InChI is InChI=1S/C24H42O4/c1-7-8-13-24(6)20(16(2)14-17(3)23(24,4)5)15-28-22(27)19-12-10-9-11-18(19)21(25)26/h16-20H,7-15H2,1-6H3,(H,25,26). The van der Waals surface area contributed by atoms with Crippen molar-refractivity contribution in [3.63, 3.8) is 0 Å². The molecular weight excluding hydrogens is 352 g/mol. The van der Waals surface area contributed by atoms with E-state index in [2.05, 4.69) is 41.5 Å². The molecule has 6 unspecified atom stereocenters. The molecular formula is C24H42O4. The molecule has 0 aromatic rings. The number of aliphatic carboxylic acids is 1. The highest BCUT2D eigenvalue weighted by molar-refractivity contribution is 5.81. The number of carboxylic acid groups (broad SMARTS) is 1. The molecule has 0 bridgehead atoms. The van der Waals surface area contributed by atoms with Crippen LogP contribution in [-0.2, 0) is 14.3 Å². The van der Waals surface area contributed by atoms with E-state index in [9.17, 15) is 14.7 Å². The first-order chi connectivity index (χ1) is 13.1. The van der Waals surface area contributed by atoms with Crippen molar-refractivity contribution < 1.29 is 19.4 Å². The maximum Gasteiger partial charge on any atom is 0.309 e. The second kappa shape index (κ2) is 9.17. The summed E-state index contributed by atoms with van der Waals surface area (Å²) in [5.74, 6) is -0.734. The Morgan fingerprint density at radius 3 is 2.25 bits per heavy atom. The Labute approximate surface area is 171 Å². The van der Waals surface area contributed by atoms with E-state index in [0.29, 0.717) is 37.2 Å². The lowest BCUT2D eigenvalue weighted by Crippen LogP contribution is -2.53. The highest BCUT2D eigenvalue weighted by Gasteiger charge is 2.54. The molecule has 1 N–H and O–H groups in total. The third kappa shape index (κ3) is 4.41. The van der Waals surface area contributed by atoms with Gasteiger partial charge in [0.05, 0.1) is 18.4 Å². The van der Waals surface area contributed by atoms with E-state index in [0.717, 1.165) is 25.7 Å². The molecule has 0 radical (unpaired) electrons. The van der Waals surface area contributed by atoms with Crippen molar-refractivity contribution in [3.05, 3.63) is 0 Å². The Balaban J connectivity index is 2.14. The average molecular weight is 395 g/mol. The van der Waals surface area contributed by atoms with Gasteiger partial charge in [0, 0.05) is 5.92 Å². The van der Waals surface area contributed by atoms with Crippen molar-refractivity contribution in [2.24, 2.45) is 40.4 Å². The Hall–Kier alpha value is -1.06. The van der Waals surface area contributed by atoms with Crippen LogP contribution >= 0.6 is 0 Å². The van der Waals surface area contributed by atoms with Crippen molar-refractivity contribution >= 4 is 11.9 Å². The number of carbonyl (C=O) groups is 2. The number of ether oxygens (including phenoxy) is 1. The first-order valence-corrected chi connectivity index (χ1v) is 11.5. The summed E-state index contributed by atoms with van der Waals surface area (Å²) in [6.45, 7) is 14.5. The fourth-order valence-electron chi connectivity index (χ4n) is 6.07. The van der Waals surface area contributed by atoms with Gasteiger partial charge in [-0.1, -0.05) is 67.2 Å². The van der Waals surface area contributed by atoms with E-state index >= 15 is 0 Å². The largest absolute Gasteiger partial charge is 0.481 e. The predicted octanol–water partition coefficient (Wildman–Crippen LogP) is 5.94. The van der Waals surface area contributed by atoms with E-state index in [1.54, 1.807) is 0 Å². The van der Waals surface area contributed by atoms with Gasteiger partial charge >= 0.3 is 11.9 Å². The van der Waals surface area contributed by atoms with E-state index in [4.69, 9.17) is 4.74 Å². The maximum absolute atomic E-state index is 12.8. The molecule has 0 aromatic heterocycles. The van der Waals surface area contributed by atoms with Crippen LogP contribution in [0.15, 0.2) is 0 Å². The Kier molecular flexibility index (Phi) is 7.61. The van der Waals surface area contributed by atoms with Gasteiger partial charge in [-0.05, 0) is 48.3 Å². The first kappa shape index (κ1) is 23.2. The molecule has 2 fully saturated rings. The van der Waals surface area contributed by atoms with Crippen LogP contribution in [0, 0.1) is 40.4 Å². The van der Waals surface area contributed by atoms with Gasteiger partial charge in [-0.25, -0.2) is 0 Å². The lowest BCUT2D eigenvalue weighted by molar-refractivity contribution is -0.169. The molecule has 0 saturated heterocycles. The smallest absolute Gasteiger partial charge is 0.309 e. The summed E-state index contributed by atoms with van der Waals surface area (Å²) in [4.78, 5) is 24.4. The molecule has 0 aliphatic heterocycles. The predicted molar refractivity (Wildman–Crippen MR) is 112 cm³/mol. The molecule has 2 saturated carbocycles. The second-order valence-electron chi connectivity index (χ2n) is 10.4. The summed E-state index contributed by atoms with van der Waals surface area (Å²) < 4.78 is 5.87. The molecule has 2 rings (SSSR count). The monoisotopic (exact) mass is 394 g/mol. The fourth-order valence-corrected chi connectivity index (χ4v) is 6.07. The van der Waals surface area contributed by atoms with Crippen molar-refractivity contribution in [1.29, 1.82) is 0 Å². The Bertz CT molecular complexity index is 555. The highest BCUT2D eigenvalue weighted by Crippen LogP contribution is 2.60. The van der Waals surface area contributed by atoms with Gasteiger partial charge in [-0.15, -0.1) is 0 Å². The summed E-state index contributed by atoms with van der Waals surface area (Å²) in [5, 5.41) is 9.49. The average Bonchev–Trinajstić information content (AvgIpc) is 2.64. The molecule has 0 amide bonds. The number of carbonyl (C=O) groups excluding carboxylic acids is 1. The van der Waals surface area contributed by atoms with Gasteiger partial charge in [0.25, 0.3) is 0 Å².